The van der Waals surface area contributed by atoms with Crippen LogP contribution in [0, 0.1) is 5.92 Å². The van der Waals surface area contributed by atoms with Gasteiger partial charge in [-0.15, -0.1) is 11.3 Å². The van der Waals surface area contributed by atoms with Crippen LogP contribution in [0.1, 0.15) is 23.8 Å². The van der Waals surface area contributed by atoms with Crippen LogP contribution in [0.5, 0.6) is 0 Å². The molecule has 1 saturated heterocycles. The number of carbonyl (C=O) groups is 2. The number of imide groups is 1. The maximum absolute atomic E-state index is 12.5. The van der Waals surface area contributed by atoms with Gasteiger partial charge in [0.25, 0.3) is 5.56 Å². The topological polar surface area (TPSA) is 92.4 Å². The normalized spacial score (nSPS) is 20.0. The van der Waals surface area contributed by atoms with Gasteiger partial charge in [-0.05, 0) is 30.7 Å². The van der Waals surface area contributed by atoms with Crippen molar-refractivity contribution in [2.45, 2.75) is 31.3 Å². The molecule has 0 saturated carbocycles. The van der Waals surface area contributed by atoms with Crippen molar-refractivity contribution < 1.29 is 14.3 Å². The molecule has 0 radical (unpaired) electrons. The molecule has 0 unspecified atom stereocenters. The number of H-pyrrole nitrogens is 1. The van der Waals surface area contributed by atoms with Gasteiger partial charge in [0, 0.05) is 4.88 Å². The molecule has 1 aliphatic carbocycles. The molecule has 9 heteroatoms. The van der Waals surface area contributed by atoms with Crippen molar-refractivity contribution in [1.29, 1.82) is 0 Å². The van der Waals surface area contributed by atoms with Gasteiger partial charge < -0.3 is 9.72 Å². The Balaban J connectivity index is 1.56. The second-order valence-electron chi connectivity index (χ2n) is 6.35. The fourth-order valence-corrected chi connectivity index (χ4v) is 5.40. The summed E-state index contributed by atoms with van der Waals surface area (Å²) in [6.45, 7) is 2.73. The van der Waals surface area contributed by atoms with E-state index < -0.39 is 6.09 Å². The highest BCUT2D eigenvalue weighted by Crippen LogP contribution is 2.36. The number of cyclic esters (lactones) is 1. The van der Waals surface area contributed by atoms with E-state index in [9.17, 15) is 14.4 Å². The zero-order chi connectivity index (χ0) is 17.6. The van der Waals surface area contributed by atoms with Gasteiger partial charge in [0.05, 0.1) is 17.7 Å². The van der Waals surface area contributed by atoms with Gasteiger partial charge in [-0.25, -0.2) is 14.7 Å². The lowest BCUT2D eigenvalue weighted by Crippen LogP contribution is -2.33. The molecule has 7 nitrogen and oxygen atoms in total. The van der Waals surface area contributed by atoms with Crippen molar-refractivity contribution in [2.75, 3.05) is 18.9 Å². The van der Waals surface area contributed by atoms with Gasteiger partial charge in [-0.2, -0.15) is 0 Å². The van der Waals surface area contributed by atoms with Gasteiger partial charge in [0.1, 0.15) is 11.4 Å². The van der Waals surface area contributed by atoms with Crippen LogP contribution < -0.4 is 5.56 Å². The third kappa shape index (κ3) is 3.06. The smallest absolute Gasteiger partial charge is 0.416 e. The largest absolute Gasteiger partial charge is 0.447 e. The minimum absolute atomic E-state index is 0.0334. The number of thiophene rings is 1. The number of ether oxygens (including phenoxy) is 1. The second-order valence-corrected chi connectivity index (χ2v) is 8.40. The molecule has 2 aliphatic rings. The summed E-state index contributed by atoms with van der Waals surface area (Å²) < 4.78 is 4.76. The van der Waals surface area contributed by atoms with Gasteiger partial charge >= 0.3 is 6.09 Å². The van der Waals surface area contributed by atoms with E-state index in [0.29, 0.717) is 16.5 Å². The van der Waals surface area contributed by atoms with E-state index in [-0.39, 0.29) is 30.4 Å². The minimum Gasteiger partial charge on any atom is -0.447 e. The highest BCUT2D eigenvalue weighted by Gasteiger charge is 2.28. The van der Waals surface area contributed by atoms with Crippen LogP contribution in [0.15, 0.2) is 9.95 Å². The van der Waals surface area contributed by atoms with Crippen LogP contribution in [0.4, 0.5) is 4.79 Å². The Hall–Kier alpha value is -1.87. The maximum Gasteiger partial charge on any atom is 0.416 e. The third-order valence-corrected chi connectivity index (χ3v) is 6.54. The fraction of sp³-hybridized carbons (Fsp3) is 0.500. The lowest BCUT2D eigenvalue weighted by molar-refractivity contribution is -0.125. The summed E-state index contributed by atoms with van der Waals surface area (Å²) in [4.78, 5) is 46.3. The number of thioether (sulfide) groups is 1. The summed E-state index contributed by atoms with van der Waals surface area (Å²) >= 11 is 2.71. The summed E-state index contributed by atoms with van der Waals surface area (Å²) in [6.07, 6.45) is 2.40. The van der Waals surface area contributed by atoms with E-state index in [1.165, 1.54) is 4.88 Å². The van der Waals surface area contributed by atoms with Crippen molar-refractivity contribution in [2.24, 2.45) is 5.92 Å². The van der Waals surface area contributed by atoms with Crippen molar-refractivity contribution in [3.05, 3.63) is 20.8 Å². The maximum atomic E-state index is 12.5. The standard InChI is InChI=1S/C16H17N3O4S2/c1-8-2-3-9-10(6-8)25-14-12(9)13(21)17-15(18-14)24-7-11(20)19-4-5-23-16(19)22/h8H,2-7H2,1H3,(H,17,18,21)/t8-/m0/s1. The van der Waals surface area contributed by atoms with Crippen LogP contribution in [-0.2, 0) is 22.4 Å². The van der Waals surface area contributed by atoms with E-state index in [2.05, 4.69) is 16.9 Å². The molecule has 132 valence electrons. The predicted octanol–water partition coefficient (Wildman–Crippen LogP) is 2.18. The molecule has 4 rings (SSSR count). The predicted molar refractivity (Wildman–Crippen MR) is 95.2 cm³/mol. The van der Waals surface area contributed by atoms with Gasteiger partial charge in [0.2, 0.25) is 5.91 Å². The van der Waals surface area contributed by atoms with E-state index in [0.717, 1.165) is 46.3 Å². The second kappa shape index (κ2) is 6.45. The van der Waals surface area contributed by atoms with Crippen LogP contribution in [0.3, 0.4) is 0 Å². The monoisotopic (exact) mass is 379 g/mol. The molecule has 1 fully saturated rings. The highest BCUT2D eigenvalue weighted by molar-refractivity contribution is 7.99. The molecule has 0 bridgehead atoms. The number of hydrogen-bond acceptors (Lipinski definition) is 7. The molecule has 1 atom stereocenters. The Bertz CT molecular complexity index is 920. The van der Waals surface area contributed by atoms with Crippen LogP contribution in [0.2, 0.25) is 0 Å². The van der Waals surface area contributed by atoms with Crippen molar-refractivity contribution in [1.82, 2.24) is 14.9 Å². The van der Waals surface area contributed by atoms with Crippen LogP contribution in [-0.4, -0.2) is 45.8 Å². The van der Waals surface area contributed by atoms with E-state index in [4.69, 9.17) is 4.74 Å². The SMILES string of the molecule is C[C@H]1CCc2c(sc3nc(SCC(=O)N4CCOC4=O)[nH]c(=O)c23)C1. The van der Waals surface area contributed by atoms with E-state index in [1.807, 2.05) is 0 Å². The summed E-state index contributed by atoms with van der Waals surface area (Å²) in [5, 5.41) is 1.11. The van der Waals surface area contributed by atoms with Crippen molar-refractivity contribution in [3.63, 3.8) is 0 Å². The van der Waals surface area contributed by atoms with Gasteiger partial charge in [0.15, 0.2) is 5.16 Å². The highest BCUT2D eigenvalue weighted by atomic mass is 32.2. The molecule has 2 amide bonds. The molecule has 2 aromatic heterocycles. The van der Waals surface area contributed by atoms with Gasteiger partial charge in [-0.3, -0.25) is 9.59 Å². The first-order valence-electron chi connectivity index (χ1n) is 8.17. The van der Waals surface area contributed by atoms with E-state index in [1.54, 1.807) is 11.3 Å². The summed E-state index contributed by atoms with van der Waals surface area (Å²) in [5.41, 5.74) is 0.992. The first kappa shape index (κ1) is 16.6. The Morgan fingerprint density at radius 2 is 2.32 bits per heavy atom. The number of nitrogens with zero attached hydrogens (tertiary/aromatic N) is 2. The minimum atomic E-state index is -0.609. The Kier molecular flexibility index (Phi) is 4.28. The summed E-state index contributed by atoms with van der Waals surface area (Å²) in [6, 6.07) is 0. The fourth-order valence-electron chi connectivity index (χ4n) is 3.23. The van der Waals surface area contributed by atoms with Crippen LogP contribution in [0.25, 0.3) is 10.2 Å². The number of amides is 2. The molecule has 3 heterocycles. The van der Waals surface area contributed by atoms with Gasteiger partial charge in [-0.1, -0.05) is 18.7 Å². The quantitative estimate of drug-likeness (QED) is 0.649. The molecule has 1 aliphatic heterocycles. The molecule has 0 aromatic carbocycles. The summed E-state index contributed by atoms with van der Waals surface area (Å²) in [7, 11) is 0. The average molecular weight is 379 g/mol. The molecule has 25 heavy (non-hydrogen) atoms. The summed E-state index contributed by atoms with van der Waals surface area (Å²) in [5.74, 6) is 0.326. The Labute approximate surface area is 151 Å². The third-order valence-electron chi connectivity index (χ3n) is 4.54. The number of aromatic amines is 1. The first-order chi connectivity index (χ1) is 12.0. The molecule has 2 aromatic rings. The number of fused-ring (bicyclic) bond motifs is 3. The lowest BCUT2D eigenvalue weighted by atomic mass is 9.89. The number of aromatic nitrogens is 2. The first-order valence-corrected chi connectivity index (χ1v) is 9.97. The van der Waals surface area contributed by atoms with Crippen molar-refractivity contribution >= 4 is 45.3 Å². The molecule has 0 spiro atoms. The Morgan fingerprint density at radius 1 is 1.48 bits per heavy atom. The average Bonchev–Trinajstić information content (AvgIpc) is 3.15. The molecular weight excluding hydrogens is 362 g/mol. The number of rotatable bonds is 3. The van der Waals surface area contributed by atoms with Crippen molar-refractivity contribution in [3.8, 4) is 0 Å². The number of hydrogen-bond donors (Lipinski definition) is 1. The zero-order valence-corrected chi connectivity index (χ0v) is 15.3. The van der Waals surface area contributed by atoms with Crippen LogP contribution >= 0.6 is 23.1 Å². The molecular formula is C16H17N3O4S2. The Morgan fingerprint density at radius 3 is 3.08 bits per heavy atom. The molecule has 1 N–H and O–H groups in total. The number of nitrogens with one attached hydrogen (secondary N) is 1. The number of aryl methyl sites for hydroxylation is 1. The van der Waals surface area contributed by atoms with E-state index >= 15 is 0 Å². The number of carbonyl (C=O) groups excluding carboxylic acids is 2. The lowest BCUT2D eigenvalue weighted by Gasteiger charge is -2.17. The zero-order valence-electron chi connectivity index (χ0n) is 13.7.